The van der Waals surface area contributed by atoms with E-state index in [0.717, 1.165) is 19.3 Å². The lowest BCUT2D eigenvalue weighted by atomic mass is 10.0. The zero-order valence-corrected chi connectivity index (χ0v) is 13.1. The van der Waals surface area contributed by atoms with Crippen molar-refractivity contribution in [2.75, 3.05) is 0 Å². The number of nitriles is 1. The summed E-state index contributed by atoms with van der Waals surface area (Å²) in [5.41, 5.74) is 0.297. The van der Waals surface area contributed by atoms with Crippen LogP contribution < -0.4 is 0 Å². The number of piperidine rings is 1. The monoisotopic (exact) mass is 312 g/mol. The second-order valence-corrected chi connectivity index (χ2v) is 7.44. The van der Waals surface area contributed by atoms with Gasteiger partial charge in [0.2, 0.25) is 10.0 Å². The Balaban J connectivity index is 2.52. The van der Waals surface area contributed by atoms with Crippen molar-refractivity contribution in [3.63, 3.8) is 0 Å². The van der Waals surface area contributed by atoms with Gasteiger partial charge in [-0.15, -0.1) is 0 Å². The van der Waals surface area contributed by atoms with Crippen LogP contribution in [0.1, 0.15) is 38.7 Å². The Morgan fingerprint density at radius 1 is 1.30 bits per heavy atom. The van der Waals surface area contributed by atoms with Crippen molar-refractivity contribution in [2.24, 2.45) is 0 Å². The molecule has 6 heteroatoms. The van der Waals surface area contributed by atoms with Crippen LogP contribution in [0.15, 0.2) is 23.1 Å². The molecule has 1 fully saturated rings. The number of hydrogen-bond acceptors (Lipinski definition) is 3. The first-order valence-corrected chi connectivity index (χ1v) is 8.43. The molecule has 0 saturated carbocycles. The molecule has 0 radical (unpaired) electrons. The van der Waals surface area contributed by atoms with E-state index < -0.39 is 10.0 Å². The first-order valence-electron chi connectivity index (χ1n) is 6.61. The molecule has 0 aromatic heterocycles. The molecule has 1 aliphatic rings. The molecule has 0 aliphatic carbocycles. The second kappa shape index (κ2) is 5.72. The predicted molar refractivity (Wildman–Crippen MR) is 78.0 cm³/mol. The van der Waals surface area contributed by atoms with Crippen LogP contribution in [0.2, 0.25) is 5.02 Å². The first-order chi connectivity index (χ1) is 9.37. The standard InChI is InChI=1S/C14H17ClN2O2S/c1-10-4-3-5-11(2)17(10)20(18,19)14-8-12(9-16)6-7-13(14)15/h6-8,10-11H,3-5H2,1-2H3/t10-,11+. The Kier molecular flexibility index (Phi) is 4.38. The molecular formula is C14H17ClN2O2S. The normalized spacial score (nSPS) is 24.3. The number of nitrogens with zero attached hydrogens (tertiary/aromatic N) is 2. The summed E-state index contributed by atoms with van der Waals surface area (Å²) in [4.78, 5) is 0.0267. The summed E-state index contributed by atoms with van der Waals surface area (Å²) in [6.45, 7) is 3.82. The summed E-state index contributed by atoms with van der Waals surface area (Å²) in [5.74, 6) is 0. The van der Waals surface area contributed by atoms with Crippen LogP contribution in [-0.4, -0.2) is 24.8 Å². The van der Waals surface area contributed by atoms with Gasteiger partial charge in [-0.1, -0.05) is 18.0 Å². The zero-order valence-electron chi connectivity index (χ0n) is 11.5. The average molecular weight is 313 g/mol. The number of sulfonamides is 1. The van der Waals surface area contributed by atoms with Crippen molar-refractivity contribution in [1.29, 1.82) is 5.26 Å². The third-order valence-electron chi connectivity index (χ3n) is 3.73. The van der Waals surface area contributed by atoms with E-state index in [1.165, 1.54) is 22.5 Å². The Labute approximate surface area is 125 Å². The van der Waals surface area contributed by atoms with Crippen molar-refractivity contribution < 1.29 is 8.42 Å². The molecule has 0 spiro atoms. The summed E-state index contributed by atoms with van der Waals surface area (Å²) < 4.78 is 27.2. The van der Waals surface area contributed by atoms with Gasteiger partial charge in [0.15, 0.2) is 0 Å². The molecule has 0 N–H and O–H groups in total. The topological polar surface area (TPSA) is 61.2 Å². The highest BCUT2D eigenvalue weighted by Gasteiger charge is 2.36. The Bertz CT molecular complexity index is 642. The van der Waals surface area contributed by atoms with E-state index in [9.17, 15) is 8.42 Å². The Hall–Kier alpha value is -1.09. The van der Waals surface area contributed by atoms with Crippen LogP contribution in [0, 0.1) is 11.3 Å². The molecule has 1 heterocycles. The molecule has 0 unspecified atom stereocenters. The van der Waals surface area contributed by atoms with E-state index in [1.54, 1.807) is 0 Å². The molecule has 1 aromatic carbocycles. The number of halogens is 1. The number of benzene rings is 1. The minimum Gasteiger partial charge on any atom is -0.207 e. The van der Waals surface area contributed by atoms with Crippen LogP contribution in [0.3, 0.4) is 0 Å². The van der Waals surface area contributed by atoms with Crippen LogP contribution >= 0.6 is 11.6 Å². The van der Waals surface area contributed by atoms with Gasteiger partial charge in [-0.2, -0.15) is 9.57 Å². The van der Waals surface area contributed by atoms with Gasteiger partial charge in [-0.3, -0.25) is 0 Å². The quantitative estimate of drug-likeness (QED) is 0.842. The maximum absolute atomic E-state index is 12.8. The maximum Gasteiger partial charge on any atom is 0.245 e. The van der Waals surface area contributed by atoms with E-state index in [-0.39, 0.29) is 22.0 Å². The largest absolute Gasteiger partial charge is 0.245 e. The SMILES string of the molecule is C[C@@H]1CCC[C@H](C)N1S(=O)(=O)c1cc(C#N)ccc1Cl. The zero-order chi connectivity index (χ0) is 14.9. The predicted octanol–water partition coefficient (Wildman–Crippen LogP) is 3.16. The number of rotatable bonds is 2. The summed E-state index contributed by atoms with van der Waals surface area (Å²) in [6.07, 6.45) is 2.72. The summed E-state index contributed by atoms with van der Waals surface area (Å²) in [6, 6.07) is 6.19. The van der Waals surface area contributed by atoms with Gasteiger partial charge in [0.1, 0.15) is 4.90 Å². The van der Waals surface area contributed by atoms with Gasteiger partial charge in [-0.05, 0) is 44.9 Å². The lowest BCUT2D eigenvalue weighted by molar-refractivity contribution is 0.204. The molecule has 1 saturated heterocycles. The van der Waals surface area contributed by atoms with Crippen LogP contribution in [0.5, 0.6) is 0 Å². The molecule has 2 rings (SSSR count). The Morgan fingerprint density at radius 2 is 1.90 bits per heavy atom. The van der Waals surface area contributed by atoms with Gasteiger partial charge in [0.25, 0.3) is 0 Å². The molecule has 2 atom stereocenters. The minimum absolute atomic E-state index is 0.0267. The maximum atomic E-state index is 12.8. The number of hydrogen-bond donors (Lipinski definition) is 0. The molecule has 4 nitrogen and oxygen atoms in total. The molecule has 20 heavy (non-hydrogen) atoms. The lowest BCUT2D eigenvalue weighted by Crippen LogP contribution is -2.47. The third-order valence-corrected chi connectivity index (χ3v) is 6.34. The van der Waals surface area contributed by atoms with Gasteiger partial charge < -0.3 is 0 Å². The summed E-state index contributed by atoms with van der Waals surface area (Å²) in [7, 11) is -3.67. The van der Waals surface area contributed by atoms with Crippen LogP contribution in [0.4, 0.5) is 0 Å². The Morgan fingerprint density at radius 3 is 2.45 bits per heavy atom. The highest BCUT2D eigenvalue weighted by atomic mass is 35.5. The fourth-order valence-electron chi connectivity index (χ4n) is 2.76. The second-order valence-electron chi connectivity index (χ2n) is 5.22. The van der Waals surface area contributed by atoms with E-state index in [4.69, 9.17) is 16.9 Å². The summed E-state index contributed by atoms with van der Waals surface area (Å²) in [5, 5.41) is 9.09. The van der Waals surface area contributed by atoms with Crippen LogP contribution in [0.25, 0.3) is 0 Å². The average Bonchev–Trinajstić information content (AvgIpc) is 2.38. The molecule has 0 amide bonds. The van der Waals surface area contributed by atoms with Crippen molar-refractivity contribution in [3.8, 4) is 6.07 Å². The molecule has 108 valence electrons. The molecule has 0 bridgehead atoms. The first kappa shape index (κ1) is 15.3. The van der Waals surface area contributed by atoms with Gasteiger partial charge in [0.05, 0.1) is 16.7 Å². The van der Waals surface area contributed by atoms with E-state index in [2.05, 4.69) is 0 Å². The smallest absolute Gasteiger partial charge is 0.207 e. The van der Waals surface area contributed by atoms with E-state index in [0.29, 0.717) is 5.56 Å². The lowest BCUT2D eigenvalue weighted by Gasteiger charge is -2.37. The minimum atomic E-state index is -3.67. The van der Waals surface area contributed by atoms with Crippen molar-refractivity contribution in [3.05, 3.63) is 28.8 Å². The highest BCUT2D eigenvalue weighted by Crippen LogP contribution is 2.32. The molecule has 1 aromatic rings. The summed E-state index contributed by atoms with van der Waals surface area (Å²) >= 11 is 6.04. The fourth-order valence-corrected chi connectivity index (χ4v) is 5.14. The fraction of sp³-hybridized carbons (Fsp3) is 0.500. The molecule has 1 aliphatic heterocycles. The van der Waals surface area contributed by atoms with Gasteiger partial charge in [-0.25, -0.2) is 8.42 Å². The molecular weight excluding hydrogens is 296 g/mol. The van der Waals surface area contributed by atoms with E-state index >= 15 is 0 Å². The van der Waals surface area contributed by atoms with Crippen LogP contribution in [-0.2, 0) is 10.0 Å². The van der Waals surface area contributed by atoms with Gasteiger partial charge >= 0.3 is 0 Å². The highest BCUT2D eigenvalue weighted by molar-refractivity contribution is 7.89. The van der Waals surface area contributed by atoms with Crippen molar-refractivity contribution >= 4 is 21.6 Å². The van der Waals surface area contributed by atoms with Crippen molar-refractivity contribution in [2.45, 2.75) is 50.1 Å². The third kappa shape index (κ3) is 2.69. The van der Waals surface area contributed by atoms with E-state index in [1.807, 2.05) is 19.9 Å². The van der Waals surface area contributed by atoms with Crippen molar-refractivity contribution in [1.82, 2.24) is 4.31 Å². The van der Waals surface area contributed by atoms with Gasteiger partial charge in [0, 0.05) is 12.1 Å².